The Morgan fingerprint density at radius 1 is 1.48 bits per heavy atom. The molecule has 0 radical (unpaired) electrons. The van der Waals surface area contributed by atoms with Crippen molar-refractivity contribution in [2.24, 2.45) is 0 Å². The molecule has 0 spiro atoms. The Labute approximate surface area is 121 Å². The normalized spacial score (nSPS) is 21.5. The van der Waals surface area contributed by atoms with Gasteiger partial charge in [0.1, 0.15) is 5.75 Å². The first-order valence-electron chi connectivity index (χ1n) is 6.81. The van der Waals surface area contributed by atoms with Gasteiger partial charge in [-0.2, -0.15) is 0 Å². The molecule has 1 heterocycles. The summed E-state index contributed by atoms with van der Waals surface area (Å²) in [5.74, 6) is -0.221. The quantitative estimate of drug-likeness (QED) is 0.872. The van der Waals surface area contributed by atoms with Gasteiger partial charge in [0.25, 0.3) is 0 Å². The number of aliphatic hydroxyl groups is 1. The van der Waals surface area contributed by atoms with Gasteiger partial charge in [-0.15, -0.1) is 13.2 Å². The van der Waals surface area contributed by atoms with Crippen LogP contribution in [0.4, 0.5) is 13.2 Å². The smallest absolute Gasteiger partial charge is 0.406 e. The van der Waals surface area contributed by atoms with Crippen LogP contribution in [0.3, 0.4) is 0 Å². The highest BCUT2D eigenvalue weighted by atomic mass is 19.4. The number of halogens is 3. The fraction of sp³-hybridized carbons (Fsp3) is 0.571. The van der Waals surface area contributed by atoms with Crippen LogP contribution in [0.1, 0.15) is 18.0 Å². The highest BCUT2D eigenvalue weighted by molar-refractivity contribution is 5.31. The van der Waals surface area contributed by atoms with Crippen molar-refractivity contribution < 1.29 is 23.0 Å². The van der Waals surface area contributed by atoms with E-state index in [1.807, 2.05) is 0 Å². The average molecular weight is 304 g/mol. The van der Waals surface area contributed by atoms with Crippen LogP contribution in [0, 0.1) is 0 Å². The minimum atomic E-state index is -4.69. The van der Waals surface area contributed by atoms with E-state index in [1.165, 1.54) is 12.1 Å². The third kappa shape index (κ3) is 4.87. The summed E-state index contributed by atoms with van der Waals surface area (Å²) in [6, 6.07) is 5.85. The summed E-state index contributed by atoms with van der Waals surface area (Å²) in [5.41, 5.74) is 0.723. The van der Waals surface area contributed by atoms with Gasteiger partial charge < -0.3 is 15.2 Å². The summed E-state index contributed by atoms with van der Waals surface area (Å²) in [7, 11) is 1.76. The molecular weight excluding hydrogens is 285 g/mol. The Hall–Kier alpha value is -1.31. The number of hydrogen-bond acceptors (Lipinski definition) is 4. The lowest BCUT2D eigenvalue weighted by molar-refractivity contribution is -0.274. The van der Waals surface area contributed by atoms with E-state index < -0.39 is 6.36 Å². The Morgan fingerprint density at radius 3 is 2.81 bits per heavy atom. The molecule has 7 heteroatoms. The molecule has 0 aliphatic carbocycles. The van der Waals surface area contributed by atoms with E-state index in [9.17, 15) is 18.3 Å². The number of rotatable bonds is 5. The van der Waals surface area contributed by atoms with Crippen LogP contribution in [-0.4, -0.2) is 49.2 Å². The average Bonchev–Trinajstić information content (AvgIpc) is 2.80. The summed E-state index contributed by atoms with van der Waals surface area (Å²) in [6.45, 7) is 2.01. The van der Waals surface area contributed by atoms with Crippen molar-refractivity contribution in [3.63, 3.8) is 0 Å². The number of benzene rings is 1. The molecule has 0 aromatic heterocycles. The van der Waals surface area contributed by atoms with Crippen LogP contribution in [0.5, 0.6) is 5.75 Å². The molecule has 1 aliphatic heterocycles. The summed E-state index contributed by atoms with van der Waals surface area (Å²) in [5, 5.41) is 12.6. The summed E-state index contributed by atoms with van der Waals surface area (Å²) >= 11 is 0. The molecule has 1 aromatic rings. The van der Waals surface area contributed by atoms with Crippen LogP contribution >= 0.6 is 0 Å². The number of nitrogens with one attached hydrogen (secondary N) is 1. The van der Waals surface area contributed by atoms with E-state index in [0.29, 0.717) is 13.1 Å². The molecule has 0 bridgehead atoms. The molecule has 21 heavy (non-hydrogen) atoms. The van der Waals surface area contributed by atoms with Gasteiger partial charge in [-0.05, 0) is 31.2 Å². The molecule has 2 N–H and O–H groups in total. The number of nitrogens with zero attached hydrogens (tertiary/aromatic N) is 1. The molecule has 0 amide bonds. The third-order valence-corrected chi connectivity index (χ3v) is 3.53. The Balaban J connectivity index is 2.05. The van der Waals surface area contributed by atoms with Crippen molar-refractivity contribution in [1.82, 2.24) is 10.2 Å². The maximum Gasteiger partial charge on any atom is 0.573 e. The molecule has 1 saturated heterocycles. The molecular formula is C14H19F3N2O2. The first-order valence-corrected chi connectivity index (χ1v) is 6.81. The van der Waals surface area contributed by atoms with Crippen molar-refractivity contribution in [1.29, 1.82) is 0 Å². The molecule has 1 aliphatic rings. The first kappa shape index (κ1) is 16.1. The van der Waals surface area contributed by atoms with Gasteiger partial charge in [0.15, 0.2) is 0 Å². The zero-order valence-electron chi connectivity index (χ0n) is 11.7. The second-order valence-corrected chi connectivity index (χ2v) is 5.16. The van der Waals surface area contributed by atoms with Crippen LogP contribution in [0.2, 0.25) is 0 Å². The van der Waals surface area contributed by atoms with Crippen molar-refractivity contribution >= 4 is 0 Å². The predicted octanol–water partition coefficient (Wildman–Crippen LogP) is 1.91. The SMILES string of the molecule is CN[C@H](CN1CC[C@H](O)C1)c1cccc(OC(F)(F)F)c1. The lowest BCUT2D eigenvalue weighted by Crippen LogP contribution is -2.33. The van der Waals surface area contributed by atoms with E-state index in [0.717, 1.165) is 18.5 Å². The topological polar surface area (TPSA) is 44.7 Å². The molecule has 1 fully saturated rings. The van der Waals surface area contributed by atoms with Gasteiger partial charge in [-0.3, -0.25) is 4.90 Å². The minimum absolute atomic E-state index is 0.118. The number of β-amino-alcohol motifs (C(OH)–C–C–N with tert-alkyl or cyclic N) is 1. The second-order valence-electron chi connectivity index (χ2n) is 5.16. The highest BCUT2D eigenvalue weighted by Crippen LogP contribution is 2.26. The molecule has 118 valence electrons. The Morgan fingerprint density at radius 2 is 2.24 bits per heavy atom. The zero-order chi connectivity index (χ0) is 15.5. The molecule has 2 atom stereocenters. The van der Waals surface area contributed by atoms with E-state index in [-0.39, 0.29) is 17.9 Å². The monoisotopic (exact) mass is 304 g/mol. The van der Waals surface area contributed by atoms with Crippen molar-refractivity contribution in [3.8, 4) is 5.75 Å². The number of ether oxygens (including phenoxy) is 1. The van der Waals surface area contributed by atoms with Gasteiger partial charge in [-0.1, -0.05) is 12.1 Å². The van der Waals surface area contributed by atoms with E-state index in [4.69, 9.17) is 0 Å². The van der Waals surface area contributed by atoms with E-state index in [1.54, 1.807) is 19.2 Å². The maximum absolute atomic E-state index is 12.3. The molecule has 2 rings (SSSR count). The Bertz CT molecular complexity index is 468. The fourth-order valence-corrected chi connectivity index (χ4v) is 2.53. The van der Waals surface area contributed by atoms with Crippen LogP contribution in [0.15, 0.2) is 24.3 Å². The van der Waals surface area contributed by atoms with Crippen molar-refractivity contribution in [2.75, 3.05) is 26.7 Å². The standard InChI is InChI=1S/C14H19F3N2O2/c1-18-13(9-19-6-5-11(20)8-19)10-3-2-4-12(7-10)21-14(15,16)17/h2-4,7,11,13,18,20H,5-6,8-9H2,1H3/t11-,13+/m0/s1. The first-order chi connectivity index (χ1) is 9.87. The summed E-state index contributed by atoms with van der Waals surface area (Å²) in [4.78, 5) is 2.09. The molecule has 0 saturated carbocycles. The van der Waals surface area contributed by atoms with E-state index in [2.05, 4.69) is 15.0 Å². The maximum atomic E-state index is 12.3. The molecule has 4 nitrogen and oxygen atoms in total. The van der Waals surface area contributed by atoms with Crippen molar-refractivity contribution in [2.45, 2.75) is 24.9 Å². The number of alkyl halides is 3. The van der Waals surface area contributed by atoms with Gasteiger partial charge in [0.05, 0.1) is 6.10 Å². The second kappa shape index (κ2) is 6.64. The minimum Gasteiger partial charge on any atom is -0.406 e. The van der Waals surface area contributed by atoms with Crippen LogP contribution in [0.25, 0.3) is 0 Å². The van der Waals surface area contributed by atoms with Crippen LogP contribution in [-0.2, 0) is 0 Å². The predicted molar refractivity (Wildman–Crippen MR) is 72.0 cm³/mol. The van der Waals surface area contributed by atoms with Gasteiger partial charge in [0.2, 0.25) is 0 Å². The van der Waals surface area contributed by atoms with Gasteiger partial charge in [0, 0.05) is 25.7 Å². The van der Waals surface area contributed by atoms with Gasteiger partial charge in [-0.25, -0.2) is 0 Å². The summed E-state index contributed by atoms with van der Waals surface area (Å²) in [6.07, 6.45) is -4.28. The summed E-state index contributed by atoms with van der Waals surface area (Å²) < 4.78 is 40.7. The number of likely N-dealkylation sites (tertiary alicyclic amines) is 1. The number of hydrogen-bond donors (Lipinski definition) is 2. The lowest BCUT2D eigenvalue weighted by atomic mass is 10.1. The highest BCUT2D eigenvalue weighted by Gasteiger charge is 2.31. The molecule has 0 unspecified atom stereocenters. The van der Waals surface area contributed by atoms with E-state index >= 15 is 0 Å². The third-order valence-electron chi connectivity index (χ3n) is 3.53. The lowest BCUT2D eigenvalue weighted by Gasteiger charge is -2.24. The number of aliphatic hydroxyl groups excluding tert-OH is 1. The number of likely N-dealkylation sites (N-methyl/N-ethyl adjacent to an activating group) is 1. The Kier molecular flexibility index (Phi) is 5.08. The largest absolute Gasteiger partial charge is 0.573 e. The van der Waals surface area contributed by atoms with Crippen molar-refractivity contribution in [3.05, 3.63) is 29.8 Å². The molecule has 1 aromatic carbocycles. The zero-order valence-corrected chi connectivity index (χ0v) is 11.7. The van der Waals surface area contributed by atoms with Gasteiger partial charge >= 0.3 is 6.36 Å². The fourth-order valence-electron chi connectivity index (χ4n) is 2.53. The van der Waals surface area contributed by atoms with Crippen LogP contribution < -0.4 is 10.1 Å².